The standard InChI is InChI=1S/C12H14N4S/c1-3-11-14-15-12(17)16(11)13-8-10-7-5-4-6-9(10)2/h4-8H,3H2,1-2H3,(H,15,17)/b13-8-. The molecular weight excluding hydrogens is 232 g/mol. The summed E-state index contributed by atoms with van der Waals surface area (Å²) >= 11 is 5.12. The maximum Gasteiger partial charge on any atom is 0.216 e. The predicted molar refractivity (Wildman–Crippen MR) is 71.0 cm³/mol. The van der Waals surface area contributed by atoms with E-state index in [1.807, 2.05) is 25.1 Å². The third-order valence-corrected chi connectivity index (χ3v) is 2.80. The van der Waals surface area contributed by atoms with Crippen LogP contribution in [0.15, 0.2) is 29.4 Å². The Hall–Kier alpha value is -1.75. The molecule has 1 N–H and O–H groups in total. The van der Waals surface area contributed by atoms with Gasteiger partial charge in [0, 0.05) is 6.42 Å². The molecule has 2 aromatic rings. The van der Waals surface area contributed by atoms with Crippen LogP contribution in [-0.4, -0.2) is 21.1 Å². The fourth-order valence-electron chi connectivity index (χ4n) is 1.52. The molecule has 0 aliphatic heterocycles. The molecule has 5 heteroatoms. The van der Waals surface area contributed by atoms with Crippen molar-refractivity contribution in [2.24, 2.45) is 5.10 Å². The molecule has 88 valence electrons. The van der Waals surface area contributed by atoms with Gasteiger partial charge in [-0.2, -0.15) is 14.9 Å². The molecule has 0 spiro atoms. The van der Waals surface area contributed by atoms with Crippen LogP contribution in [0.5, 0.6) is 0 Å². The fraction of sp³-hybridized carbons (Fsp3) is 0.250. The molecule has 17 heavy (non-hydrogen) atoms. The first kappa shape index (κ1) is 11.7. The minimum Gasteiger partial charge on any atom is -0.250 e. The van der Waals surface area contributed by atoms with Crippen LogP contribution in [0.2, 0.25) is 0 Å². The number of H-pyrrole nitrogens is 1. The summed E-state index contributed by atoms with van der Waals surface area (Å²) in [7, 11) is 0. The summed E-state index contributed by atoms with van der Waals surface area (Å²) < 4.78 is 2.17. The smallest absolute Gasteiger partial charge is 0.216 e. The van der Waals surface area contributed by atoms with Crippen molar-refractivity contribution in [2.45, 2.75) is 20.3 Å². The summed E-state index contributed by atoms with van der Waals surface area (Å²) in [6, 6.07) is 8.07. The van der Waals surface area contributed by atoms with Gasteiger partial charge in [0.05, 0.1) is 6.21 Å². The van der Waals surface area contributed by atoms with E-state index in [1.165, 1.54) is 5.56 Å². The average molecular weight is 246 g/mol. The Labute approximate surface area is 105 Å². The molecule has 0 saturated heterocycles. The molecule has 0 fully saturated rings. The van der Waals surface area contributed by atoms with Crippen molar-refractivity contribution in [1.82, 2.24) is 14.9 Å². The molecule has 0 amide bonds. The largest absolute Gasteiger partial charge is 0.250 e. The number of aromatic nitrogens is 3. The monoisotopic (exact) mass is 246 g/mol. The highest BCUT2D eigenvalue weighted by molar-refractivity contribution is 7.71. The number of hydrogen-bond donors (Lipinski definition) is 1. The summed E-state index contributed by atoms with van der Waals surface area (Å²) in [5.41, 5.74) is 2.27. The average Bonchev–Trinajstić information content (AvgIpc) is 2.69. The Bertz CT molecular complexity index is 595. The Kier molecular flexibility index (Phi) is 3.49. The minimum absolute atomic E-state index is 0.520. The lowest BCUT2D eigenvalue weighted by Crippen LogP contribution is -1.98. The van der Waals surface area contributed by atoms with Gasteiger partial charge < -0.3 is 0 Å². The molecule has 1 aromatic heterocycles. The van der Waals surface area contributed by atoms with Crippen LogP contribution in [0.1, 0.15) is 23.9 Å². The Balaban J connectivity index is 2.35. The number of rotatable bonds is 3. The molecule has 2 rings (SSSR count). The number of aromatic amines is 1. The third kappa shape index (κ3) is 2.50. The highest BCUT2D eigenvalue weighted by Crippen LogP contribution is 2.05. The Morgan fingerprint density at radius 3 is 2.94 bits per heavy atom. The first-order chi connectivity index (χ1) is 8.22. The molecule has 0 saturated carbocycles. The Morgan fingerprint density at radius 1 is 1.47 bits per heavy atom. The predicted octanol–water partition coefficient (Wildman–Crippen LogP) is 2.69. The van der Waals surface area contributed by atoms with Crippen LogP contribution >= 0.6 is 12.2 Å². The van der Waals surface area contributed by atoms with Crippen molar-refractivity contribution < 1.29 is 0 Å². The lowest BCUT2D eigenvalue weighted by molar-refractivity contribution is 0.780. The van der Waals surface area contributed by atoms with Gasteiger partial charge in [-0.3, -0.25) is 5.10 Å². The number of hydrogen-bond acceptors (Lipinski definition) is 3. The molecule has 0 aliphatic carbocycles. The van der Waals surface area contributed by atoms with Gasteiger partial charge in [-0.05, 0) is 30.3 Å². The van der Waals surface area contributed by atoms with Gasteiger partial charge in [0.2, 0.25) is 4.77 Å². The second-order valence-electron chi connectivity index (χ2n) is 3.71. The minimum atomic E-state index is 0.520. The Morgan fingerprint density at radius 2 is 2.24 bits per heavy atom. The molecule has 1 heterocycles. The normalized spacial score (nSPS) is 11.2. The molecule has 0 bridgehead atoms. The van der Waals surface area contributed by atoms with E-state index in [0.717, 1.165) is 17.8 Å². The van der Waals surface area contributed by atoms with Crippen molar-refractivity contribution in [3.63, 3.8) is 0 Å². The maximum absolute atomic E-state index is 5.12. The number of nitrogens with one attached hydrogen (secondary N) is 1. The molecule has 0 atom stereocenters. The highest BCUT2D eigenvalue weighted by Gasteiger charge is 2.01. The van der Waals surface area contributed by atoms with E-state index in [-0.39, 0.29) is 0 Å². The van der Waals surface area contributed by atoms with E-state index in [4.69, 9.17) is 12.2 Å². The van der Waals surface area contributed by atoms with E-state index in [1.54, 1.807) is 10.9 Å². The van der Waals surface area contributed by atoms with Gasteiger partial charge in [0.15, 0.2) is 5.82 Å². The van der Waals surface area contributed by atoms with E-state index in [0.29, 0.717) is 4.77 Å². The quantitative estimate of drug-likeness (QED) is 0.668. The van der Waals surface area contributed by atoms with Crippen molar-refractivity contribution >= 4 is 18.4 Å². The number of nitrogens with zero attached hydrogens (tertiary/aromatic N) is 3. The summed E-state index contributed by atoms with van der Waals surface area (Å²) in [5.74, 6) is 0.833. The second kappa shape index (κ2) is 5.05. The van der Waals surface area contributed by atoms with Crippen LogP contribution in [0, 0.1) is 11.7 Å². The van der Waals surface area contributed by atoms with Gasteiger partial charge in [0.25, 0.3) is 0 Å². The summed E-state index contributed by atoms with van der Waals surface area (Å²) in [4.78, 5) is 0. The van der Waals surface area contributed by atoms with Crippen LogP contribution in [0.25, 0.3) is 0 Å². The van der Waals surface area contributed by atoms with Crippen molar-refractivity contribution in [1.29, 1.82) is 0 Å². The second-order valence-corrected chi connectivity index (χ2v) is 4.10. The van der Waals surface area contributed by atoms with E-state index < -0.39 is 0 Å². The maximum atomic E-state index is 5.12. The zero-order chi connectivity index (χ0) is 12.3. The van der Waals surface area contributed by atoms with Crippen molar-refractivity contribution in [2.75, 3.05) is 0 Å². The first-order valence-electron chi connectivity index (χ1n) is 5.48. The lowest BCUT2D eigenvalue weighted by atomic mass is 10.1. The van der Waals surface area contributed by atoms with Gasteiger partial charge in [0.1, 0.15) is 0 Å². The zero-order valence-corrected chi connectivity index (χ0v) is 10.7. The van der Waals surface area contributed by atoms with Crippen LogP contribution in [0.3, 0.4) is 0 Å². The van der Waals surface area contributed by atoms with Gasteiger partial charge in [-0.15, -0.1) is 0 Å². The van der Waals surface area contributed by atoms with Crippen molar-refractivity contribution in [3.8, 4) is 0 Å². The molecule has 0 aliphatic rings. The van der Waals surface area contributed by atoms with Gasteiger partial charge in [-0.25, -0.2) is 0 Å². The summed E-state index contributed by atoms with van der Waals surface area (Å²) in [6.45, 7) is 4.07. The number of aryl methyl sites for hydroxylation is 2. The summed E-state index contributed by atoms with van der Waals surface area (Å²) in [5, 5.41) is 11.2. The molecule has 1 aromatic carbocycles. The summed E-state index contributed by atoms with van der Waals surface area (Å²) in [6.07, 6.45) is 2.60. The van der Waals surface area contributed by atoms with Crippen LogP contribution in [-0.2, 0) is 6.42 Å². The molecule has 0 radical (unpaired) electrons. The zero-order valence-electron chi connectivity index (χ0n) is 9.84. The number of benzene rings is 1. The third-order valence-electron chi connectivity index (χ3n) is 2.53. The van der Waals surface area contributed by atoms with Gasteiger partial charge in [-0.1, -0.05) is 31.2 Å². The molecule has 4 nitrogen and oxygen atoms in total. The topological polar surface area (TPSA) is 46.0 Å². The SMILES string of the molecule is CCc1n[nH]c(=S)n1/N=C\c1ccccc1C. The van der Waals surface area contributed by atoms with E-state index in [2.05, 4.69) is 28.3 Å². The first-order valence-corrected chi connectivity index (χ1v) is 5.89. The van der Waals surface area contributed by atoms with Crippen LogP contribution < -0.4 is 0 Å². The van der Waals surface area contributed by atoms with Crippen molar-refractivity contribution in [3.05, 3.63) is 46.0 Å². The van der Waals surface area contributed by atoms with Gasteiger partial charge >= 0.3 is 0 Å². The molecular formula is C12H14N4S. The fourth-order valence-corrected chi connectivity index (χ4v) is 1.72. The van der Waals surface area contributed by atoms with E-state index in [9.17, 15) is 0 Å². The molecule has 0 unspecified atom stereocenters. The highest BCUT2D eigenvalue weighted by atomic mass is 32.1. The van der Waals surface area contributed by atoms with Crippen LogP contribution in [0.4, 0.5) is 0 Å². The van der Waals surface area contributed by atoms with E-state index >= 15 is 0 Å². The lowest BCUT2D eigenvalue weighted by Gasteiger charge is -1.99.